The van der Waals surface area contributed by atoms with Crippen LogP contribution in [0, 0.1) is 0 Å². The zero-order valence-corrected chi connectivity index (χ0v) is 16.4. The van der Waals surface area contributed by atoms with Crippen LogP contribution in [-0.2, 0) is 20.0 Å². The summed E-state index contributed by atoms with van der Waals surface area (Å²) in [5, 5.41) is 0.809. The first kappa shape index (κ1) is 18.2. The number of piperidine rings is 1. The summed E-state index contributed by atoms with van der Waals surface area (Å²) < 4.78 is 2.10. The van der Waals surface area contributed by atoms with E-state index in [0.717, 1.165) is 48.2 Å². The van der Waals surface area contributed by atoms with Gasteiger partial charge < -0.3 is 4.57 Å². The first-order chi connectivity index (χ1) is 13.2. The molecule has 1 aliphatic heterocycles. The smallest absolute Gasteiger partial charge is 0.122 e. The van der Waals surface area contributed by atoms with Crippen LogP contribution in [-0.4, -0.2) is 32.5 Å². The molecule has 1 saturated heterocycles. The Hall–Kier alpha value is -2.17. The third-order valence-electron chi connectivity index (χ3n) is 5.37. The van der Waals surface area contributed by atoms with Gasteiger partial charge in [-0.1, -0.05) is 35.9 Å². The van der Waals surface area contributed by atoms with E-state index in [9.17, 15) is 0 Å². The number of aromatic nitrogens is 3. The Morgan fingerprint density at radius 1 is 1.15 bits per heavy atom. The molecule has 0 radical (unpaired) electrons. The highest BCUT2D eigenvalue weighted by atomic mass is 35.5. The Balaban J connectivity index is 1.46. The molecule has 0 amide bonds. The fourth-order valence-corrected chi connectivity index (χ4v) is 4.05. The third kappa shape index (κ3) is 4.40. The van der Waals surface area contributed by atoms with Crippen LogP contribution in [0.2, 0.25) is 5.02 Å². The first-order valence-corrected chi connectivity index (χ1v) is 9.94. The standard InChI is InChI=1S/C22H25ClN4/c1-26-13-11-24-22(26)16-27-12-5-7-18(15-27)21-10-4-8-19(25-21)14-17-6-2-3-9-20(17)23/h2-4,6,8-11,13,18H,5,7,12,14-16H2,1H3/t18-/m1/s1. The Morgan fingerprint density at radius 2 is 2.04 bits per heavy atom. The second-order valence-corrected chi connectivity index (χ2v) is 7.76. The number of pyridine rings is 1. The Labute approximate surface area is 165 Å². The van der Waals surface area contributed by atoms with Crippen LogP contribution < -0.4 is 0 Å². The van der Waals surface area contributed by atoms with Crippen LogP contribution in [0.1, 0.15) is 41.5 Å². The third-order valence-corrected chi connectivity index (χ3v) is 5.74. The minimum atomic E-state index is 0.477. The van der Waals surface area contributed by atoms with Crippen molar-refractivity contribution in [3.63, 3.8) is 0 Å². The molecular weight excluding hydrogens is 356 g/mol. The Kier molecular flexibility index (Phi) is 5.55. The second kappa shape index (κ2) is 8.24. The molecule has 1 aromatic carbocycles. The number of benzene rings is 1. The maximum atomic E-state index is 6.32. The van der Waals surface area contributed by atoms with Crippen molar-refractivity contribution in [3.8, 4) is 0 Å². The maximum absolute atomic E-state index is 6.32. The van der Waals surface area contributed by atoms with E-state index in [2.05, 4.69) is 45.8 Å². The molecule has 4 nitrogen and oxygen atoms in total. The van der Waals surface area contributed by atoms with Gasteiger partial charge in [0, 0.05) is 54.7 Å². The van der Waals surface area contributed by atoms with Crippen LogP contribution in [0.3, 0.4) is 0 Å². The van der Waals surface area contributed by atoms with Gasteiger partial charge in [0.25, 0.3) is 0 Å². The normalized spacial score (nSPS) is 17.9. The summed E-state index contributed by atoms with van der Waals surface area (Å²) in [5.41, 5.74) is 3.41. The van der Waals surface area contributed by atoms with Crippen molar-refractivity contribution >= 4 is 11.6 Å². The van der Waals surface area contributed by atoms with Gasteiger partial charge in [0.1, 0.15) is 5.82 Å². The van der Waals surface area contributed by atoms with E-state index in [1.54, 1.807) is 0 Å². The summed E-state index contributed by atoms with van der Waals surface area (Å²) in [7, 11) is 2.06. The van der Waals surface area contributed by atoms with Crippen molar-refractivity contribution in [2.24, 2.45) is 7.05 Å². The number of nitrogens with zero attached hydrogens (tertiary/aromatic N) is 4. The van der Waals surface area contributed by atoms with Crippen molar-refractivity contribution in [2.45, 2.75) is 31.7 Å². The molecule has 0 saturated carbocycles. The van der Waals surface area contributed by atoms with E-state index in [4.69, 9.17) is 16.6 Å². The lowest BCUT2D eigenvalue weighted by Gasteiger charge is -2.32. The first-order valence-electron chi connectivity index (χ1n) is 9.57. The number of rotatable bonds is 5. The minimum absolute atomic E-state index is 0.477. The molecule has 0 spiro atoms. The predicted molar refractivity (Wildman–Crippen MR) is 109 cm³/mol. The molecular formula is C22H25ClN4. The highest BCUT2D eigenvalue weighted by Gasteiger charge is 2.23. The average Bonchev–Trinajstić information content (AvgIpc) is 3.09. The zero-order valence-electron chi connectivity index (χ0n) is 15.7. The summed E-state index contributed by atoms with van der Waals surface area (Å²) >= 11 is 6.32. The molecule has 1 aliphatic rings. The average molecular weight is 381 g/mol. The van der Waals surface area contributed by atoms with Crippen LogP contribution in [0.4, 0.5) is 0 Å². The van der Waals surface area contributed by atoms with Crippen molar-refractivity contribution < 1.29 is 0 Å². The fourth-order valence-electron chi connectivity index (χ4n) is 3.85. The Morgan fingerprint density at radius 3 is 2.85 bits per heavy atom. The molecule has 3 aromatic rings. The molecule has 5 heteroatoms. The van der Waals surface area contributed by atoms with Gasteiger partial charge in [0.05, 0.1) is 6.54 Å². The molecule has 3 heterocycles. The number of imidazole rings is 1. The van der Waals surface area contributed by atoms with Gasteiger partial charge in [0.15, 0.2) is 0 Å². The monoisotopic (exact) mass is 380 g/mol. The van der Waals surface area contributed by atoms with E-state index in [1.807, 2.05) is 30.6 Å². The summed E-state index contributed by atoms with van der Waals surface area (Å²) in [6.07, 6.45) is 7.05. The van der Waals surface area contributed by atoms with Crippen LogP contribution in [0.5, 0.6) is 0 Å². The van der Waals surface area contributed by atoms with E-state index < -0.39 is 0 Å². The molecule has 1 atom stereocenters. The maximum Gasteiger partial charge on any atom is 0.122 e. The van der Waals surface area contributed by atoms with Gasteiger partial charge in [-0.15, -0.1) is 0 Å². The SMILES string of the molecule is Cn1ccnc1CN1CCC[C@@H](c2cccc(Cc3ccccc3Cl)n2)C1. The van der Waals surface area contributed by atoms with E-state index >= 15 is 0 Å². The Bertz CT molecular complexity index is 905. The number of halogens is 1. The van der Waals surface area contributed by atoms with Crippen molar-refractivity contribution in [3.05, 3.63) is 82.7 Å². The van der Waals surface area contributed by atoms with Crippen molar-refractivity contribution in [1.82, 2.24) is 19.4 Å². The highest BCUT2D eigenvalue weighted by Crippen LogP contribution is 2.27. The summed E-state index contributed by atoms with van der Waals surface area (Å²) in [5.74, 6) is 1.60. The van der Waals surface area contributed by atoms with Gasteiger partial charge in [0.2, 0.25) is 0 Å². The summed E-state index contributed by atoms with van der Waals surface area (Å²) in [6.45, 7) is 3.07. The van der Waals surface area contributed by atoms with E-state index in [1.165, 1.54) is 18.5 Å². The topological polar surface area (TPSA) is 34.0 Å². The van der Waals surface area contributed by atoms with Crippen LogP contribution in [0.25, 0.3) is 0 Å². The van der Waals surface area contributed by atoms with Gasteiger partial charge in [-0.2, -0.15) is 0 Å². The molecule has 4 rings (SSSR count). The van der Waals surface area contributed by atoms with Crippen LogP contribution in [0.15, 0.2) is 54.9 Å². The zero-order chi connectivity index (χ0) is 18.6. The molecule has 0 bridgehead atoms. The number of likely N-dealkylation sites (tertiary alicyclic amines) is 1. The fraction of sp³-hybridized carbons (Fsp3) is 0.364. The van der Waals surface area contributed by atoms with Crippen molar-refractivity contribution in [2.75, 3.05) is 13.1 Å². The number of aryl methyl sites for hydroxylation is 1. The summed E-state index contributed by atoms with van der Waals surface area (Å²) in [4.78, 5) is 11.9. The second-order valence-electron chi connectivity index (χ2n) is 7.35. The van der Waals surface area contributed by atoms with Crippen LogP contribution >= 0.6 is 11.6 Å². The molecule has 140 valence electrons. The quantitative estimate of drug-likeness (QED) is 0.656. The predicted octanol–water partition coefficient (Wildman–Crippen LogP) is 4.44. The lowest BCUT2D eigenvalue weighted by Crippen LogP contribution is -2.35. The van der Waals surface area contributed by atoms with Gasteiger partial charge in [-0.3, -0.25) is 9.88 Å². The van der Waals surface area contributed by atoms with E-state index in [-0.39, 0.29) is 0 Å². The number of hydrogen-bond donors (Lipinski definition) is 0. The van der Waals surface area contributed by atoms with Gasteiger partial charge in [-0.25, -0.2) is 4.98 Å². The van der Waals surface area contributed by atoms with Crippen molar-refractivity contribution in [1.29, 1.82) is 0 Å². The van der Waals surface area contributed by atoms with Gasteiger partial charge >= 0.3 is 0 Å². The molecule has 27 heavy (non-hydrogen) atoms. The lowest BCUT2D eigenvalue weighted by molar-refractivity contribution is 0.192. The molecule has 0 unspecified atom stereocenters. The van der Waals surface area contributed by atoms with E-state index in [0.29, 0.717) is 5.92 Å². The lowest BCUT2D eigenvalue weighted by atomic mass is 9.94. The molecule has 2 aromatic heterocycles. The summed E-state index contributed by atoms with van der Waals surface area (Å²) in [6, 6.07) is 14.4. The number of hydrogen-bond acceptors (Lipinski definition) is 3. The van der Waals surface area contributed by atoms with Gasteiger partial charge in [-0.05, 0) is 43.1 Å². The minimum Gasteiger partial charge on any atom is -0.337 e. The molecule has 1 fully saturated rings. The molecule has 0 N–H and O–H groups in total. The largest absolute Gasteiger partial charge is 0.337 e. The highest BCUT2D eigenvalue weighted by molar-refractivity contribution is 6.31. The molecule has 0 aliphatic carbocycles.